The van der Waals surface area contributed by atoms with E-state index in [0.717, 1.165) is 30.6 Å². The van der Waals surface area contributed by atoms with Gasteiger partial charge in [0.2, 0.25) is 0 Å². The van der Waals surface area contributed by atoms with Crippen LogP contribution in [0.2, 0.25) is 0 Å². The van der Waals surface area contributed by atoms with Gasteiger partial charge in [0.1, 0.15) is 18.5 Å². The second-order valence-electron chi connectivity index (χ2n) is 6.15. The largest absolute Gasteiger partial charge is 0.489 e. The fraction of sp³-hybridized carbons (Fsp3) is 0.350. The predicted molar refractivity (Wildman–Crippen MR) is 89.2 cm³/mol. The summed E-state index contributed by atoms with van der Waals surface area (Å²) in [6.45, 7) is 2.51. The number of hydrogen-bond acceptors (Lipinski definition) is 3. The smallest absolute Gasteiger partial charge is 0.309 e. The van der Waals surface area contributed by atoms with Gasteiger partial charge in [-0.2, -0.15) is 0 Å². The maximum atomic E-state index is 11.4. The number of cyclic esters (lactones) is 1. The second kappa shape index (κ2) is 7.32. The molecule has 0 aliphatic carbocycles. The third-order valence-corrected chi connectivity index (χ3v) is 4.23. The van der Waals surface area contributed by atoms with E-state index in [1.807, 2.05) is 37.3 Å². The monoisotopic (exact) mass is 310 g/mol. The van der Waals surface area contributed by atoms with E-state index in [-0.39, 0.29) is 18.0 Å². The summed E-state index contributed by atoms with van der Waals surface area (Å²) in [5, 5.41) is 0. The summed E-state index contributed by atoms with van der Waals surface area (Å²) in [5.41, 5.74) is 2.40. The van der Waals surface area contributed by atoms with E-state index in [4.69, 9.17) is 9.47 Å². The summed E-state index contributed by atoms with van der Waals surface area (Å²) in [5.74, 6) is 0.868. The first kappa shape index (κ1) is 15.6. The van der Waals surface area contributed by atoms with Crippen LogP contribution in [-0.2, 0) is 22.6 Å². The van der Waals surface area contributed by atoms with Gasteiger partial charge < -0.3 is 9.47 Å². The molecule has 0 bridgehead atoms. The standard InChI is InChI=1S/C20H22O3/c1-15-13-19(23-20(15)21)12-9-16-7-10-18(11-8-16)22-14-17-5-3-2-4-6-17/h2-8,10-11,15,19H,9,12-14H2,1H3/t15-,19+/m1/s1. The molecule has 0 radical (unpaired) electrons. The van der Waals surface area contributed by atoms with E-state index < -0.39 is 0 Å². The number of rotatable bonds is 6. The topological polar surface area (TPSA) is 35.5 Å². The van der Waals surface area contributed by atoms with Crippen molar-refractivity contribution >= 4 is 5.97 Å². The van der Waals surface area contributed by atoms with Crippen LogP contribution in [0.5, 0.6) is 5.75 Å². The number of hydrogen-bond donors (Lipinski definition) is 0. The lowest BCUT2D eigenvalue weighted by Crippen LogP contribution is -2.08. The summed E-state index contributed by atoms with van der Waals surface area (Å²) < 4.78 is 11.1. The number of carbonyl (C=O) groups excluding carboxylic acids is 1. The Bertz CT molecular complexity index is 634. The van der Waals surface area contributed by atoms with Crippen molar-refractivity contribution in [2.24, 2.45) is 5.92 Å². The van der Waals surface area contributed by atoms with Crippen molar-refractivity contribution in [1.82, 2.24) is 0 Å². The third-order valence-electron chi connectivity index (χ3n) is 4.23. The summed E-state index contributed by atoms with van der Waals surface area (Å²) >= 11 is 0. The number of aryl methyl sites for hydroxylation is 1. The molecule has 2 atom stereocenters. The highest BCUT2D eigenvalue weighted by atomic mass is 16.5. The van der Waals surface area contributed by atoms with Gasteiger partial charge in [0.15, 0.2) is 0 Å². The lowest BCUT2D eigenvalue weighted by atomic mass is 10.0. The van der Waals surface area contributed by atoms with Crippen molar-refractivity contribution in [3.8, 4) is 5.75 Å². The van der Waals surface area contributed by atoms with Gasteiger partial charge in [0.25, 0.3) is 0 Å². The minimum atomic E-state index is -0.0559. The third kappa shape index (κ3) is 4.35. The molecule has 0 N–H and O–H groups in total. The molecule has 23 heavy (non-hydrogen) atoms. The molecule has 2 aromatic carbocycles. The van der Waals surface area contributed by atoms with Crippen LogP contribution in [0.15, 0.2) is 54.6 Å². The average molecular weight is 310 g/mol. The fourth-order valence-electron chi connectivity index (χ4n) is 2.82. The molecule has 1 heterocycles. The first-order chi connectivity index (χ1) is 11.2. The summed E-state index contributed by atoms with van der Waals surface area (Å²) in [4.78, 5) is 11.4. The zero-order valence-corrected chi connectivity index (χ0v) is 13.4. The van der Waals surface area contributed by atoms with Crippen LogP contribution in [-0.4, -0.2) is 12.1 Å². The van der Waals surface area contributed by atoms with Crippen LogP contribution < -0.4 is 4.74 Å². The lowest BCUT2D eigenvalue weighted by molar-refractivity contribution is -0.144. The Labute approximate surface area is 137 Å². The van der Waals surface area contributed by atoms with Crippen LogP contribution in [0.1, 0.15) is 30.9 Å². The molecule has 1 fully saturated rings. The first-order valence-corrected chi connectivity index (χ1v) is 8.17. The highest BCUT2D eigenvalue weighted by molar-refractivity contribution is 5.74. The van der Waals surface area contributed by atoms with Crippen LogP contribution in [0, 0.1) is 5.92 Å². The Morgan fingerprint density at radius 1 is 1.04 bits per heavy atom. The quantitative estimate of drug-likeness (QED) is 0.752. The van der Waals surface area contributed by atoms with Crippen molar-refractivity contribution < 1.29 is 14.3 Å². The average Bonchev–Trinajstić information content (AvgIpc) is 2.91. The van der Waals surface area contributed by atoms with Crippen molar-refractivity contribution in [1.29, 1.82) is 0 Å². The van der Waals surface area contributed by atoms with E-state index in [1.54, 1.807) is 0 Å². The molecule has 1 saturated heterocycles. The SMILES string of the molecule is C[C@@H]1C[C@H](CCc2ccc(OCc3ccccc3)cc2)OC1=O. The molecule has 0 spiro atoms. The van der Waals surface area contributed by atoms with Crippen LogP contribution in [0.25, 0.3) is 0 Å². The van der Waals surface area contributed by atoms with Gasteiger partial charge in [0.05, 0.1) is 5.92 Å². The second-order valence-corrected chi connectivity index (χ2v) is 6.15. The Morgan fingerprint density at radius 2 is 1.78 bits per heavy atom. The van der Waals surface area contributed by atoms with E-state index in [2.05, 4.69) is 24.3 Å². The molecule has 0 aromatic heterocycles. The van der Waals surface area contributed by atoms with Crippen molar-refractivity contribution in [2.75, 3.05) is 0 Å². The summed E-state index contributed by atoms with van der Waals surface area (Å²) in [7, 11) is 0. The zero-order chi connectivity index (χ0) is 16.1. The molecule has 3 nitrogen and oxygen atoms in total. The molecule has 1 aliphatic heterocycles. The predicted octanol–water partition coefficient (Wildman–Crippen LogP) is 4.15. The van der Waals surface area contributed by atoms with Crippen LogP contribution in [0.4, 0.5) is 0 Å². The lowest BCUT2D eigenvalue weighted by Gasteiger charge is -2.10. The van der Waals surface area contributed by atoms with Gasteiger partial charge in [0, 0.05) is 0 Å². The molecule has 0 unspecified atom stereocenters. The van der Waals surface area contributed by atoms with E-state index in [9.17, 15) is 4.79 Å². The minimum absolute atomic E-state index is 0.0498. The summed E-state index contributed by atoms with van der Waals surface area (Å²) in [6.07, 6.45) is 2.73. The Balaban J connectivity index is 1.46. The molecule has 0 amide bonds. The fourth-order valence-corrected chi connectivity index (χ4v) is 2.82. The number of esters is 1. The maximum absolute atomic E-state index is 11.4. The molecule has 3 rings (SSSR count). The van der Waals surface area contributed by atoms with Gasteiger partial charge in [-0.25, -0.2) is 0 Å². The molecule has 3 heteroatoms. The summed E-state index contributed by atoms with van der Waals surface area (Å²) in [6, 6.07) is 18.3. The van der Waals surface area contributed by atoms with Gasteiger partial charge in [-0.1, -0.05) is 49.4 Å². The zero-order valence-electron chi connectivity index (χ0n) is 13.4. The van der Waals surface area contributed by atoms with Crippen LogP contribution >= 0.6 is 0 Å². The van der Waals surface area contributed by atoms with Gasteiger partial charge in [-0.05, 0) is 42.5 Å². The molecule has 2 aromatic rings. The Kier molecular flexibility index (Phi) is 4.96. The minimum Gasteiger partial charge on any atom is -0.489 e. The normalized spacial score (nSPS) is 20.3. The van der Waals surface area contributed by atoms with Crippen molar-refractivity contribution in [2.45, 2.75) is 38.9 Å². The molecule has 120 valence electrons. The molecule has 0 saturated carbocycles. The van der Waals surface area contributed by atoms with Crippen LogP contribution in [0.3, 0.4) is 0 Å². The van der Waals surface area contributed by atoms with Gasteiger partial charge in [-0.3, -0.25) is 4.79 Å². The van der Waals surface area contributed by atoms with Crippen molar-refractivity contribution in [3.63, 3.8) is 0 Å². The highest BCUT2D eigenvalue weighted by Crippen LogP contribution is 2.24. The first-order valence-electron chi connectivity index (χ1n) is 8.17. The van der Waals surface area contributed by atoms with E-state index in [0.29, 0.717) is 6.61 Å². The molecular formula is C20H22O3. The maximum Gasteiger partial charge on any atom is 0.309 e. The van der Waals surface area contributed by atoms with Gasteiger partial charge in [-0.15, -0.1) is 0 Å². The van der Waals surface area contributed by atoms with E-state index in [1.165, 1.54) is 5.56 Å². The molecule has 1 aliphatic rings. The Morgan fingerprint density at radius 3 is 2.43 bits per heavy atom. The van der Waals surface area contributed by atoms with Gasteiger partial charge >= 0.3 is 5.97 Å². The van der Waals surface area contributed by atoms with Crippen molar-refractivity contribution in [3.05, 3.63) is 65.7 Å². The number of ether oxygens (including phenoxy) is 2. The molecular weight excluding hydrogens is 288 g/mol. The number of carbonyl (C=O) groups is 1. The number of benzene rings is 2. The van der Waals surface area contributed by atoms with E-state index >= 15 is 0 Å². The Hall–Kier alpha value is -2.29. The highest BCUT2D eigenvalue weighted by Gasteiger charge is 2.30.